The lowest BCUT2D eigenvalue weighted by Gasteiger charge is -2.30. The summed E-state index contributed by atoms with van der Waals surface area (Å²) in [6.45, 7) is 8.98. The number of carbonyl (C=O) groups is 2. The van der Waals surface area contributed by atoms with E-state index in [1.165, 1.54) is 0 Å². The molecule has 6 nitrogen and oxygen atoms in total. The van der Waals surface area contributed by atoms with Crippen molar-refractivity contribution >= 4 is 28.9 Å². The van der Waals surface area contributed by atoms with E-state index < -0.39 is 11.8 Å². The van der Waals surface area contributed by atoms with Crippen molar-refractivity contribution in [1.29, 1.82) is 0 Å². The molecule has 1 saturated heterocycles. The molecule has 0 spiro atoms. The highest BCUT2D eigenvalue weighted by Gasteiger charge is 2.22. The Morgan fingerprint density at radius 1 is 0.857 bits per heavy atom. The lowest BCUT2D eigenvalue weighted by molar-refractivity contribution is -0.133. The van der Waals surface area contributed by atoms with E-state index in [-0.39, 0.29) is 5.41 Å². The van der Waals surface area contributed by atoms with E-state index in [9.17, 15) is 9.59 Å². The number of hydrogen-bond donors (Lipinski definition) is 2. The van der Waals surface area contributed by atoms with Gasteiger partial charge in [0.1, 0.15) is 0 Å². The molecule has 3 rings (SSSR count). The van der Waals surface area contributed by atoms with Crippen LogP contribution in [0, 0.1) is 0 Å². The van der Waals surface area contributed by atoms with Gasteiger partial charge in [0, 0.05) is 18.8 Å². The Balaban J connectivity index is 1.73. The van der Waals surface area contributed by atoms with Crippen LogP contribution in [-0.2, 0) is 19.7 Å². The van der Waals surface area contributed by atoms with Gasteiger partial charge in [-0.15, -0.1) is 0 Å². The zero-order chi connectivity index (χ0) is 20.1. The van der Waals surface area contributed by atoms with Crippen LogP contribution in [0.5, 0.6) is 0 Å². The Bertz CT molecular complexity index is 852. The number of morpholine rings is 1. The highest BCUT2D eigenvalue weighted by molar-refractivity contribution is 6.44. The van der Waals surface area contributed by atoms with Gasteiger partial charge in [-0.3, -0.25) is 9.59 Å². The first-order valence-electron chi connectivity index (χ1n) is 9.50. The summed E-state index contributed by atoms with van der Waals surface area (Å²) in [6, 6.07) is 15.0. The first kappa shape index (κ1) is 19.9. The number of nitrogens with zero attached hydrogens (tertiary/aromatic N) is 1. The van der Waals surface area contributed by atoms with Crippen LogP contribution >= 0.6 is 0 Å². The summed E-state index contributed by atoms with van der Waals surface area (Å²) in [5.41, 5.74) is 2.99. The van der Waals surface area contributed by atoms with Crippen LogP contribution in [-0.4, -0.2) is 38.1 Å². The molecule has 2 aromatic carbocycles. The van der Waals surface area contributed by atoms with E-state index in [2.05, 4.69) is 36.3 Å². The summed E-state index contributed by atoms with van der Waals surface area (Å²) in [5, 5.41) is 5.50. The Morgan fingerprint density at radius 2 is 1.39 bits per heavy atom. The second-order valence-corrected chi connectivity index (χ2v) is 7.82. The largest absolute Gasteiger partial charge is 0.378 e. The summed E-state index contributed by atoms with van der Waals surface area (Å²) in [4.78, 5) is 27.2. The van der Waals surface area contributed by atoms with Crippen LogP contribution in [0.15, 0.2) is 48.5 Å². The van der Waals surface area contributed by atoms with Crippen LogP contribution in [0.2, 0.25) is 0 Å². The zero-order valence-corrected chi connectivity index (χ0v) is 16.6. The molecule has 1 heterocycles. The predicted octanol–water partition coefficient (Wildman–Crippen LogP) is 3.40. The van der Waals surface area contributed by atoms with Crippen LogP contribution in [0.25, 0.3) is 0 Å². The number of amides is 2. The number of carbonyl (C=O) groups excluding carboxylic acids is 2. The van der Waals surface area contributed by atoms with Crippen LogP contribution in [0.3, 0.4) is 0 Å². The Hall–Kier alpha value is -2.86. The van der Waals surface area contributed by atoms with Gasteiger partial charge in [0.25, 0.3) is 0 Å². The molecule has 1 fully saturated rings. The fourth-order valence-corrected chi connectivity index (χ4v) is 3.26. The summed E-state index contributed by atoms with van der Waals surface area (Å²) in [6.07, 6.45) is 0. The molecule has 2 N–H and O–H groups in total. The van der Waals surface area contributed by atoms with E-state index in [0.717, 1.165) is 24.3 Å². The molecular formula is C22H27N3O3. The maximum Gasteiger partial charge on any atom is 0.314 e. The molecule has 6 heteroatoms. The average molecular weight is 381 g/mol. The molecular weight excluding hydrogens is 354 g/mol. The summed E-state index contributed by atoms with van der Waals surface area (Å²) < 4.78 is 5.39. The van der Waals surface area contributed by atoms with Gasteiger partial charge in [-0.05, 0) is 29.2 Å². The Morgan fingerprint density at radius 3 is 2.04 bits per heavy atom. The van der Waals surface area contributed by atoms with E-state index in [4.69, 9.17) is 4.74 Å². The number of anilines is 3. The molecule has 0 aliphatic carbocycles. The van der Waals surface area contributed by atoms with E-state index in [1.54, 1.807) is 6.07 Å². The Labute approximate surface area is 165 Å². The van der Waals surface area contributed by atoms with Gasteiger partial charge in [-0.2, -0.15) is 0 Å². The molecule has 2 aromatic rings. The maximum atomic E-state index is 12.5. The predicted molar refractivity (Wildman–Crippen MR) is 112 cm³/mol. The molecule has 0 bridgehead atoms. The Kier molecular flexibility index (Phi) is 5.99. The van der Waals surface area contributed by atoms with Gasteiger partial charge in [-0.1, -0.05) is 51.1 Å². The number of benzene rings is 2. The second kappa shape index (κ2) is 8.44. The molecule has 2 amide bonds. The molecule has 1 aliphatic rings. The summed E-state index contributed by atoms with van der Waals surface area (Å²) in [5.74, 6) is -1.38. The van der Waals surface area contributed by atoms with E-state index in [1.807, 2.05) is 42.5 Å². The van der Waals surface area contributed by atoms with Crippen molar-refractivity contribution in [3.63, 3.8) is 0 Å². The molecule has 0 aromatic heterocycles. The summed E-state index contributed by atoms with van der Waals surface area (Å²) >= 11 is 0. The second-order valence-electron chi connectivity index (χ2n) is 7.82. The van der Waals surface area contributed by atoms with Gasteiger partial charge in [-0.25, -0.2) is 0 Å². The number of ether oxygens (including phenoxy) is 1. The molecule has 1 aliphatic heterocycles. The highest BCUT2D eigenvalue weighted by atomic mass is 16.5. The molecule has 28 heavy (non-hydrogen) atoms. The number of rotatable bonds is 3. The van der Waals surface area contributed by atoms with Crippen molar-refractivity contribution in [2.75, 3.05) is 41.8 Å². The first-order valence-corrected chi connectivity index (χ1v) is 9.50. The van der Waals surface area contributed by atoms with Gasteiger partial charge < -0.3 is 20.3 Å². The monoisotopic (exact) mass is 381 g/mol. The maximum absolute atomic E-state index is 12.5. The molecule has 148 valence electrons. The topological polar surface area (TPSA) is 70.7 Å². The van der Waals surface area contributed by atoms with Crippen LogP contribution in [0.4, 0.5) is 17.1 Å². The zero-order valence-electron chi connectivity index (χ0n) is 16.6. The lowest BCUT2D eigenvalue weighted by atomic mass is 9.86. The third-order valence-corrected chi connectivity index (χ3v) is 4.69. The fourth-order valence-electron chi connectivity index (χ4n) is 3.26. The highest BCUT2D eigenvalue weighted by Crippen LogP contribution is 2.29. The van der Waals surface area contributed by atoms with Gasteiger partial charge in [0.05, 0.1) is 24.6 Å². The third kappa shape index (κ3) is 4.70. The van der Waals surface area contributed by atoms with Crippen molar-refractivity contribution in [2.45, 2.75) is 26.2 Å². The van der Waals surface area contributed by atoms with Crippen molar-refractivity contribution in [2.24, 2.45) is 0 Å². The standard InChI is InChI=1S/C22H27N3O3/c1-22(2,3)16-8-4-5-9-17(16)23-20(26)21(27)24-18-10-6-7-11-19(18)25-12-14-28-15-13-25/h4-11H,12-15H2,1-3H3,(H,23,26)(H,24,27). The van der Waals surface area contributed by atoms with Crippen molar-refractivity contribution in [3.8, 4) is 0 Å². The quantitative estimate of drug-likeness (QED) is 0.800. The van der Waals surface area contributed by atoms with Crippen molar-refractivity contribution < 1.29 is 14.3 Å². The van der Waals surface area contributed by atoms with Gasteiger partial charge >= 0.3 is 11.8 Å². The molecule has 0 saturated carbocycles. The van der Waals surface area contributed by atoms with E-state index >= 15 is 0 Å². The summed E-state index contributed by atoms with van der Waals surface area (Å²) in [7, 11) is 0. The smallest absolute Gasteiger partial charge is 0.314 e. The average Bonchev–Trinajstić information content (AvgIpc) is 2.68. The van der Waals surface area contributed by atoms with Crippen LogP contribution in [0.1, 0.15) is 26.3 Å². The lowest BCUT2D eigenvalue weighted by Crippen LogP contribution is -2.37. The van der Waals surface area contributed by atoms with E-state index in [0.29, 0.717) is 24.6 Å². The number of para-hydroxylation sites is 3. The molecule has 0 atom stereocenters. The van der Waals surface area contributed by atoms with Crippen LogP contribution < -0.4 is 15.5 Å². The van der Waals surface area contributed by atoms with Crippen molar-refractivity contribution in [1.82, 2.24) is 0 Å². The van der Waals surface area contributed by atoms with Gasteiger partial charge in [0.15, 0.2) is 0 Å². The minimum Gasteiger partial charge on any atom is -0.378 e. The minimum absolute atomic E-state index is 0.150. The molecule has 0 radical (unpaired) electrons. The number of nitrogens with one attached hydrogen (secondary N) is 2. The molecule has 0 unspecified atom stereocenters. The SMILES string of the molecule is CC(C)(C)c1ccccc1NC(=O)C(=O)Nc1ccccc1N1CCOCC1. The first-order chi connectivity index (χ1) is 13.4. The number of hydrogen-bond acceptors (Lipinski definition) is 4. The normalized spacial score (nSPS) is 14.5. The van der Waals surface area contributed by atoms with Gasteiger partial charge in [0.2, 0.25) is 0 Å². The minimum atomic E-state index is -0.690. The van der Waals surface area contributed by atoms with Crippen molar-refractivity contribution in [3.05, 3.63) is 54.1 Å². The third-order valence-electron chi connectivity index (χ3n) is 4.69. The fraction of sp³-hybridized carbons (Fsp3) is 0.364.